The van der Waals surface area contributed by atoms with E-state index in [2.05, 4.69) is 29.0 Å². The molecule has 0 spiro atoms. The van der Waals surface area contributed by atoms with Crippen molar-refractivity contribution in [2.45, 2.75) is 39.2 Å². The van der Waals surface area contributed by atoms with Gasteiger partial charge in [0.25, 0.3) is 0 Å². The predicted molar refractivity (Wildman–Crippen MR) is 123 cm³/mol. The molecule has 2 N–H and O–H groups in total. The molecule has 0 radical (unpaired) electrons. The van der Waals surface area contributed by atoms with Crippen molar-refractivity contribution in [1.82, 2.24) is 4.98 Å². The fraction of sp³-hybridized carbons (Fsp3) is 0.435. The average Bonchev–Trinajstić information content (AvgIpc) is 2.72. The summed E-state index contributed by atoms with van der Waals surface area (Å²) >= 11 is 1.58. The Balaban J connectivity index is 0.00000320. The molecule has 1 aromatic heterocycles. The first-order chi connectivity index (χ1) is 14.0. The number of Topliss-reactive ketones (excluding diaryl/α,β-unsaturated/α-hetero) is 1. The number of nitrogens with two attached hydrogens (primary N) is 1. The molecule has 1 aliphatic heterocycles. The number of ether oxygens (including phenoxy) is 2. The normalized spacial score (nSPS) is 18.3. The van der Waals surface area contributed by atoms with Crippen molar-refractivity contribution >= 4 is 22.7 Å². The van der Waals surface area contributed by atoms with Gasteiger partial charge >= 0.3 is 0 Å². The van der Waals surface area contributed by atoms with Gasteiger partial charge in [-0.25, -0.2) is 4.98 Å². The highest BCUT2D eigenvalue weighted by atomic mass is 32.2. The lowest BCUT2D eigenvalue weighted by molar-refractivity contribution is 0.0988. The van der Waals surface area contributed by atoms with Crippen LogP contribution in [0.3, 0.4) is 0 Å². The highest BCUT2D eigenvalue weighted by Crippen LogP contribution is 2.35. The third kappa shape index (κ3) is 6.31. The number of pyridine rings is 1. The van der Waals surface area contributed by atoms with E-state index < -0.39 is 0 Å². The molecule has 0 bridgehead atoms. The Bertz CT molecular complexity index is 870. The number of benzene rings is 1. The number of rotatable bonds is 9. The van der Waals surface area contributed by atoms with Crippen LogP contribution in [0.2, 0.25) is 0 Å². The fourth-order valence-corrected chi connectivity index (χ4v) is 4.19. The molecule has 6 nitrogen and oxygen atoms in total. The van der Waals surface area contributed by atoms with E-state index >= 15 is 0 Å². The number of ketones is 1. The second-order valence-corrected chi connectivity index (χ2v) is 8.31. The summed E-state index contributed by atoms with van der Waals surface area (Å²) in [5, 5.41) is 0.619. The number of carbonyl (C=O) groups is 1. The Morgan fingerprint density at radius 1 is 1.27 bits per heavy atom. The zero-order chi connectivity index (χ0) is 20.7. The number of carbonyl (C=O) groups excluding carboxylic acids is 1. The topological polar surface area (TPSA) is 86.8 Å². The molecular weight excluding hydrogens is 398 g/mol. The van der Waals surface area contributed by atoms with Gasteiger partial charge in [-0.2, -0.15) is 0 Å². The van der Waals surface area contributed by atoms with E-state index in [0.717, 1.165) is 29.7 Å². The quantitative estimate of drug-likeness (QED) is 0.474. The van der Waals surface area contributed by atoms with Crippen LogP contribution in [0, 0.1) is 0 Å². The second-order valence-electron chi connectivity index (χ2n) is 7.20. The second kappa shape index (κ2) is 11.1. The van der Waals surface area contributed by atoms with Gasteiger partial charge in [0, 0.05) is 32.3 Å². The van der Waals surface area contributed by atoms with Crippen LogP contribution in [0.4, 0.5) is 0 Å². The van der Waals surface area contributed by atoms with Crippen molar-refractivity contribution in [2.24, 2.45) is 10.7 Å². The number of aliphatic imine (C=N–C) groups is 1. The maximum absolute atomic E-state index is 12.7. The van der Waals surface area contributed by atoms with Crippen LogP contribution in [0.25, 0.3) is 0 Å². The van der Waals surface area contributed by atoms with Crippen LogP contribution in [0.1, 0.15) is 48.8 Å². The molecule has 3 rings (SSSR count). The molecular formula is C23H31N3O3S. The van der Waals surface area contributed by atoms with E-state index in [4.69, 9.17) is 15.2 Å². The number of amidine groups is 1. The van der Waals surface area contributed by atoms with Crippen LogP contribution in [-0.2, 0) is 16.7 Å². The first-order valence-electron chi connectivity index (χ1n) is 9.69. The van der Waals surface area contributed by atoms with Gasteiger partial charge in [-0.15, -0.1) is 0 Å². The van der Waals surface area contributed by atoms with Crippen molar-refractivity contribution in [1.29, 1.82) is 0 Å². The van der Waals surface area contributed by atoms with Crippen molar-refractivity contribution in [3.8, 4) is 5.75 Å². The summed E-state index contributed by atoms with van der Waals surface area (Å²) in [6.07, 6.45) is 3.61. The Morgan fingerprint density at radius 3 is 2.80 bits per heavy atom. The molecule has 0 aliphatic carbocycles. The zero-order valence-corrected chi connectivity index (χ0v) is 17.7. The summed E-state index contributed by atoms with van der Waals surface area (Å²) in [7, 11) is 1.66. The largest absolute Gasteiger partial charge is 0.492 e. The van der Waals surface area contributed by atoms with E-state index in [9.17, 15) is 4.79 Å². The van der Waals surface area contributed by atoms with E-state index in [1.807, 2.05) is 12.1 Å². The summed E-state index contributed by atoms with van der Waals surface area (Å²) in [6, 6.07) is 11.5. The van der Waals surface area contributed by atoms with Crippen molar-refractivity contribution < 1.29 is 14.3 Å². The molecule has 1 aliphatic rings. The van der Waals surface area contributed by atoms with Gasteiger partial charge in [-0.1, -0.05) is 43.5 Å². The first kappa shape index (κ1) is 23.9. The van der Waals surface area contributed by atoms with E-state index in [0.29, 0.717) is 36.2 Å². The van der Waals surface area contributed by atoms with Crippen LogP contribution in [0.5, 0.6) is 5.75 Å². The van der Waals surface area contributed by atoms with Gasteiger partial charge in [0.05, 0.1) is 18.3 Å². The van der Waals surface area contributed by atoms with Crippen LogP contribution in [0.15, 0.2) is 47.6 Å². The molecule has 30 heavy (non-hydrogen) atoms. The van der Waals surface area contributed by atoms with Gasteiger partial charge in [0.1, 0.15) is 11.4 Å². The molecule has 0 amide bonds. The minimum atomic E-state index is -0.339. The predicted octanol–water partition coefficient (Wildman–Crippen LogP) is 4.23. The Hall–Kier alpha value is -2.38. The summed E-state index contributed by atoms with van der Waals surface area (Å²) in [5.41, 5.74) is 8.06. The van der Waals surface area contributed by atoms with Gasteiger partial charge in [0.15, 0.2) is 11.0 Å². The molecule has 0 fully saturated rings. The maximum Gasteiger partial charge on any atom is 0.185 e. The lowest BCUT2D eigenvalue weighted by Gasteiger charge is -2.30. The van der Waals surface area contributed by atoms with Crippen molar-refractivity contribution in [2.75, 3.05) is 26.1 Å². The van der Waals surface area contributed by atoms with E-state index in [1.165, 1.54) is 0 Å². The van der Waals surface area contributed by atoms with Crippen LogP contribution in [-0.4, -0.2) is 42.0 Å². The third-order valence-corrected chi connectivity index (χ3v) is 5.69. The van der Waals surface area contributed by atoms with Gasteiger partial charge in [-0.05, 0) is 36.6 Å². The molecule has 0 saturated heterocycles. The molecule has 2 heterocycles. The monoisotopic (exact) mass is 429 g/mol. The first-order valence-corrected chi connectivity index (χ1v) is 10.7. The number of aromatic nitrogens is 1. The minimum absolute atomic E-state index is 0. The fourth-order valence-electron chi connectivity index (χ4n) is 3.21. The lowest BCUT2D eigenvalue weighted by atomic mass is 9.88. The molecule has 7 heteroatoms. The Kier molecular flexibility index (Phi) is 8.87. The highest BCUT2D eigenvalue weighted by Gasteiger charge is 2.29. The highest BCUT2D eigenvalue weighted by molar-refractivity contribution is 8.13. The summed E-state index contributed by atoms with van der Waals surface area (Å²) in [5.74, 6) is 1.57. The SMILES string of the molecule is C.COCCCOc1ccc(C(=O)Cc2cccc([C@]3(C)CCSC(N)=N3)c2)nc1. The zero-order valence-electron chi connectivity index (χ0n) is 16.9. The molecule has 162 valence electrons. The molecule has 1 atom stereocenters. The summed E-state index contributed by atoms with van der Waals surface area (Å²) < 4.78 is 10.6. The minimum Gasteiger partial charge on any atom is -0.492 e. The van der Waals surface area contributed by atoms with Crippen LogP contribution >= 0.6 is 11.8 Å². The number of thioether (sulfide) groups is 1. The molecule has 2 aromatic rings. The number of methoxy groups -OCH3 is 1. The van der Waals surface area contributed by atoms with Crippen LogP contribution < -0.4 is 10.5 Å². The van der Waals surface area contributed by atoms with E-state index in [-0.39, 0.29) is 18.7 Å². The molecule has 1 aromatic carbocycles. The van der Waals surface area contributed by atoms with Crippen molar-refractivity contribution in [3.63, 3.8) is 0 Å². The average molecular weight is 430 g/mol. The Labute approximate surface area is 183 Å². The summed E-state index contributed by atoms with van der Waals surface area (Å²) in [6.45, 7) is 3.30. The maximum atomic E-state index is 12.7. The summed E-state index contributed by atoms with van der Waals surface area (Å²) in [4.78, 5) is 21.6. The molecule has 0 unspecified atom stereocenters. The van der Waals surface area contributed by atoms with Crippen molar-refractivity contribution in [3.05, 3.63) is 59.4 Å². The molecule has 0 saturated carbocycles. The lowest BCUT2D eigenvalue weighted by Crippen LogP contribution is -2.28. The van der Waals surface area contributed by atoms with Gasteiger partial charge in [0.2, 0.25) is 0 Å². The Morgan fingerprint density at radius 2 is 2.10 bits per heavy atom. The van der Waals surface area contributed by atoms with E-state index in [1.54, 1.807) is 37.2 Å². The van der Waals surface area contributed by atoms with Gasteiger partial charge in [-0.3, -0.25) is 9.79 Å². The van der Waals surface area contributed by atoms with Gasteiger partial charge < -0.3 is 15.2 Å². The number of hydrogen-bond donors (Lipinski definition) is 1. The standard InChI is InChI=1S/C22H27N3O3S.CH4/c1-22(9-12-29-21(23)25-22)17-6-3-5-16(13-17)14-20(26)19-8-7-18(15-24-19)28-11-4-10-27-2;/h3,5-8,13,15H,4,9-12,14H2,1-2H3,(H2,23,25);1H4/t22-;/m0./s1. The third-order valence-electron chi connectivity index (χ3n) is 4.89. The smallest absolute Gasteiger partial charge is 0.185 e. The number of nitrogens with zero attached hydrogens (tertiary/aromatic N) is 2. The number of hydrogen-bond acceptors (Lipinski definition) is 7.